The minimum atomic E-state index is -2.60. The summed E-state index contributed by atoms with van der Waals surface area (Å²) in [6, 6.07) is 5.79. The Balaban J connectivity index is 1.71. The Bertz CT molecular complexity index is 612. The maximum atomic E-state index is 12.7. The number of hydrogen-bond acceptors (Lipinski definition) is 3. The number of nitrogens with two attached hydrogens (primary N) is 1. The van der Waals surface area contributed by atoms with Crippen molar-refractivity contribution >= 4 is 0 Å². The van der Waals surface area contributed by atoms with Crippen molar-refractivity contribution in [2.75, 3.05) is 0 Å². The summed E-state index contributed by atoms with van der Waals surface area (Å²) in [5.41, 5.74) is 8.28. The topological polar surface area (TPSA) is 53.1 Å². The second-order valence-electron chi connectivity index (χ2n) is 4.82. The Morgan fingerprint density at radius 3 is 3.10 bits per heavy atom. The van der Waals surface area contributed by atoms with Gasteiger partial charge in [0.2, 0.25) is 0 Å². The van der Waals surface area contributed by atoms with Gasteiger partial charge in [0.25, 0.3) is 0 Å². The van der Waals surface area contributed by atoms with Gasteiger partial charge in [-0.25, -0.2) is 4.98 Å². The summed E-state index contributed by atoms with van der Waals surface area (Å²) >= 11 is 0. The van der Waals surface area contributed by atoms with E-state index in [1.165, 1.54) is 18.0 Å². The first-order chi connectivity index (χ1) is 9.65. The molecule has 1 aromatic heterocycles. The van der Waals surface area contributed by atoms with Crippen LogP contribution >= 0.6 is 0 Å². The Labute approximate surface area is 115 Å². The number of benzene rings is 1. The highest BCUT2D eigenvalue weighted by Crippen LogP contribution is 2.32. The monoisotopic (exact) mass is 279 g/mol. The fourth-order valence-corrected chi connectivity index (χ4v) is 2.50. The molecule has 1 unspecified atom stereocenters. The zero-order valence-electron chi connectivity index (χ0n) is 10.8. The smallest absolute Gasteiger partial charge is 0.320 e. The summed E-state index contributed by atoms with van der Waals surface area (Å²) in [4.78, 5) is 3.88. The van der Waals surface area contributed by atoms with E-state index < -0.39 is 6.55 Å². The van der Waals surface area contributed by atoms with E-state index >= 15 is 0 Å². The predicted molar refractivity (Wildman–Crippen MR) is 69.5 cm³/mol. The van der Waals surface area contributed by atoms with Crippen molar-refractivity contribution in [3.05, 3.63) is 47.5 Å². The highest BCUT2D eigenvalue weighted by molar-refractivity contribution is 5.40. The maximum Gasteiger partial charge on any atom is 0.320 e. The second-order valence-corrected chi connectivity index (χ2v) is 4.82. The van der Waals surface area contributed by atoms with Crippen LogP contribution in [-0.4, -0.2) is 9.55 Å². The number of halogens is 2. The number of aromatic nitrogens is 2. The van der Waals surface area contributed by atoms with Crippen LogP contribution in [0.3, 0.4) is 0 Å². The largest absolute Gasteiger partial charge is 0.486 e. The highest BCUT2D eigenvalue weighted by atomic mass is 19.3. The van der Waals surface area contributed by atoms with Gasteiger partial charge in [0.1, 0.15) is 12.4 Å². The predicted octanol–water partition coefficient (Wildman–Crippen LogP) is 2.80. The van der Waals surface area contributed by atoms with E-state index in [2.05, 4.69) is 4.98 Å². The molecule has 1 aliphatic rings. The summed E-state index contributed by atoms with van der Waals surface area (Å²) < 4.78 is 31.7. The van der Waals surface area contributed by atoms with Gasteiger partial charge in [0, 0.05) is 18.4 Å². The normalized spacial score (nSPS) is 17.5. The molecule has 2 aromatic rings. The van der Waals surface area contributed by atoms with Gasteiger partial charge in [0.05, 0.1) is 0 Å². The van der Waals surface area contributed by atoms with E-state index in [9.17, 15) is 8.78 Å². The Hall–Kier alpha value is -1.95. The number of hydrogen-bond donors (Lipinski definition) is 1. The van der Waals surface area contributed by atoms with E-state index in [0.29, 0.717) is 5.75 Å². The number of rotatable bonds is 4. The van der Waals surface area contributed by atoms with E-state index in [-0.39, 0.29) is 18.5 Å². The van der Waals surface area contributed by atoms with Crippen LogP contribution in [0.15, 0.2) is 30.6 Å². The molecule has 0 amide bonds. The number of nitrogens with zero attached hydrogens (tertiary/aromatic N) is 2. The van der Waals surface area contributed by atoms with Crippen molar-refractivity contribution in [2.45, 2.75) is 32.0 Å². The Morgan fingerprint density at radius 1 is 1.45 bits per heavy atom. The molecule has 20 heavy (non-hydrogen) atoms. The van der Waals surface area contributed by atoms with Crippen LogP contribution in [0.5, 0.6) is 5.75 Å². The van der Waals surface area contributed by atoms with E-state index in [4.69, 9.17) is 10.5 Å². The lowest BCUT2D eigenvalue weighted by Gasteiger charge is -2.10. The minimum Gasteiger partial charge on any atom is -0.486 e. The van der Waals surface area contributed by atoms with Crippen LogP contribution in [0.25, 0.3) is 0 Å². The van der Waals surface area contributed by atoms with Crippen LogP contribution in [0.4, 0.5) is 8.78 Å². The quantitative estimate of drug-likeness (QED) is 0.936. The molecule has 6 heteroatoms. The molecule has 1 heterocycles. The van der Waals surface area contributed by atoms with Crippen molar-refractivity contribution < 1.29 is 13.5 Å². The van der Waals surface area contributed by atoms with Crippen LogP contribution in [0.2, 0.25) is 0 Å². The van der Waals surface area contributed by atoms with Gasteiger partial charge in [-0.15, -0.1) is 0 Å². The molecule has 4 nitrogen and oxygen atoms in total. The molecule has 1 atom stereocenters. The van der Waals surface area contributed by atoms with Gasteiger partial charge in [-0.2, -0.15) is 8.78 Å². The fraction of sp³-hybridized carbons (Fsp3) is 0.357. The van der Waals surface area contributed by atoms with Crippen LogP contribution in [0.1, 0.15) is 36.0 Å². The molecule has 0 radical (unpaired) electrons. The molecule has 3 rings (SSSR count). The summed E-state index contributed by atoms with van der Waals surface area (Å²) in [6.45, 7) is -2.59. The third-order valence-corrected chi connectivity index (χ3v) is 3.57. The van der Waals surface area contributed by atoms with Crippen LogP contribution in [0, 0.1) is 0 Å². The van der Waals surface area contributed by atoms with Crippen molar-refractivity contribution in [3.63, 3.8) is 0 Å². The average Bonchev–Trinajstić information content (AvgIpc) is 3.03. The number of alkyl halides is 2. The van der Waals surface area contributed by atoms with Crippen molar-refractivity contribution in [3.8, 4) is 5.75 Å². The minimum absolute atomic E-state index is 0.0161. The first-order valence-corrected chi connectivity index (χ1v) is 6.46. The molecule has 106 valence electrons. The third kappa shape index (κ3) is 2.38. The molecule has 1 aromatic carbocycles. The molecule has 0 bridgehead atoms. The molecular formula is C14H15F2N3O. The van der Waals surface area contributed by atoms with Gasteiger partial charge >= 0.3 is 6.55 Å². The summed E-state index contributed by atoms with van der Waals surface area (Å²) in [7, 11) is 0. The molecule has 1 aliphatic carbocycles. The third-order valence-electron chi connectivity index (χ3n) is 3.57. The molecule has 0 spiro atoms. The van der Waals surface area contributed by atoms with Crippen molar-refractivity contribution in [1.29, 1.82) is 0 Å². The lowest BCUT2D eigenvalue weighted by atomic mass is 10.1. The lowest BCUT2D eigenvalue weighted by molar-refractivity contribution is 0.0632. The number of imidazole rings is 1. The maximum absolute atomic E-state index is 12.7. The first kappa shape index (κ1) is 13.1. The zero-order chi connectivity index (χ0) is 14.1. The van der Waals surface area contributed by atoms with E-state index in [1.54, 1.807) is 0 Å². The Morgan fingerprint density at radius 2 is 2.30 bits per heavy atom. The number of ether oxygens (including phenoxy) is 1. The fourth-order valence-electron chi connectivity index (χ4n) is 2.50. The van der Waals surface area contributed by atoms with Gasteiger partial charge in [0.15, 0.2) is 5.82 Å². The van der Waals surface area contributed by atoms with Crippen molar-refractivity contribution in [2.24, 2.45) is 5.73 Å². The standard InChI is InChI=1S/C14H15F2N3O/c15-14(16)19-6-5-18-13(19)8-20-10-2-3-11-9(7-10)1-4-12(11)17/h2-3,5-7,12,14H,1,4,8,17H2. The molecule has 0 aliphatic heterocycles. The second kappa shape index (κ2) is 5.20. The molecule has 0 saturated heterocycles. The van der Waals surface area contributed by atoms with Gasteiger partial charge < -0.3 is 10.5 Å². The SMILES string of the molecule is NC1CCc2cc(OCc3nccn3C(F)F)ccc21. The average molecular weight is 279 g/mol. The van der Waals surface area contributed by atoms with Crippen LogP contribution < -0.4 is 10.5 Å². The lowest BCUT2D eigenvalue weighted by Crippen LogP contribution is -2.07. The molecule has 0 saturated carbocycles. The molecule has 2 N–H and O–H groups in total. The summed E-state index contributed by atoms with van der Waals surface area (Å²) in [5.74, 6) is 0.860. The first-order valence-electron chi connectivity index (χ1n) is 6.46. The Kier molecular flexibility index (Phi) is 3.40. The summed E-state index contributed by atoms with van der Waals surface area (Å²) in [5, 5.41) is 0. The van der Waals surface area contributed by atoms with E-state index in [0.717, 1.165) is 23.0 Å². The van der Waals surface area contributed by atoms with Gasteiger partial charge in [-0.1, -0.05) is 6.07 Å². The molecule has 0 fully saturated rings. The highest BCUT2D eigenvalue weighted by Gasteiger charge is 2.19. The van der Waals surface area contributed by atoms with Gasteiger partial charge in [-0.3, -0.25) is 4.57 Å². The van der Waals surface area contributed by atoms with E-state index in [1.807, 2.05) is 18.2 Å². The van der Waals surface area contributed by atoms with Crippen LogP contribution in [-0.2, 0) is 13.0 Å². The molecular weight excluding hydrogens is 264 g/mol. The summed E-state index contributed by atoms with van der Waals surface area (Å²) in [6.07, 6.45) is 4.45. The van der Waals surface area contributed by atoms with Crippen molar-refractivity contribution in [1.82, 2.24) is 9.55 Å². The van der Waals surface area contributed by atoms with Gasteiger partial charge in [-0.05, 0) is 36.1 Å². The number of aryl methyl sites for hydroxylation is 1. The zero-order valence-corrected chi connectivity index (χ0v) is 10.8. The number of fused-ring (bicyclic) bond motifs is 1.